The Morgan fingerprint density at radius 2 is 1.75 bits per heavy atom. The van der Waals surface area contributed by atoms with Crippen molar-refractivity contribution < 1.29 is 0 Å². The van der Waals surface area contributed by atoms with Crippen molar-refractivity contribution in [1.82, 2.24) is 0 Å². The molecule has 1 atom stereocenters. The van der Waals surface area contributed by atoms with E-state index in [0.717, 1.165) is 0 Å². The predicted molar refractivity (Wildman–Crippen MR) is 59.2 cm³/mol. The second kappa shape index (κ2) is 3.18. The predicted octanol–water partition coefficient (Wildman–Crippen LogP) is 2.79. The zero-order valence-electron chi connectivity index (χ0n) is 8.31. The molecule has 66 valence electrons. The third kappa shape index (κ3) is 1.87. The van der Waals surface area contributed by atoms with Crippen LogP contribution in [0.3, 0.4) is 0 Å². The van der Waals surface area contributed by atoms with E-state index in [0.29, 0.717) is 0 Å². The van der Waals surface area contributed by atoms with Gasteiger partial charge in [0.2, 0.25) is 0 Å². The van der Waals surface area contributed by atoms with Crippen LogP contribution in [-0.4, -0.2) is 0 Å². The highest BCUT2D eigenvalue weighted by molar-refractivity contribution is 7.27. The van der Waals surface area contributed by atoms with Gasteiger partial charge in [-0.1, -0.05) is 39.0 Å². The summed E-state index contributed by atoms with van der Waals surface area (Å²) >= 11 is 0. The lowest BCUT2D eigenvalue weighted by atomic mass is 9.84. The fraction of sp³-hybridized carbons (Fsp3) is 0.455. The molecule has 1 aromatic carbocycles. The number of hydrogen-bond acceptors (Lipinski definition) is 0. The van der Waals surface area contributed by atoms with Crippen LogP contribution in [0.25, 0.3) is 0 Å². The lowest BCUT2D eigenvalue weighted by Crippen LogP contribution is -2.20. The zero-order chi connectivity index (χ0) is 9.35. The van der Waals surface area contributed by atoms with Crippen molar-refractivity contribution in [3.63, 3.8) is 0 Å². The molecule has 1 unspecified atom stereocenters. The van der Waals surface area contributed by atoms with E-state index in [1.807, 2.05) is 0 Å². The normalized spacial score (nSPS) is 11.8. The topological polar surface area (TPSA) is 0 Å². The number of aryl methyl sites for hydroxylation is 1. The van der Waals surface area contributed by atoms with Gasteiger partial charge in [0, 0.05) is 0 Å². The summed E-state index contributed by atoms with van der Waals surface area (Å²) in [5.74, 6) is 0. The summed E-state index contributed by atoms with van der Waals surface area (Å²) in [5, 5.41) is 1.32. The number of benzene rings is 1. The molecule has 0 spiro atoms. The SMILES string of the molecule is Cc1cccc(P)c1C(C)(C)C. The Balaban J connectivity index is 3.31. The van der Waals surface area contributed by atoms with Crippen LogP contribution in [0.1, 0.15) is 31.9 Å². The Kier molecular flexibility index (Phi) is 2.58. The molecule has 0 aliphatic heterocycles. The molecule has 0 N–H and O–H groups in total. The van der Waals surface area contributed by atoms with Gasteiger partial charge in [0.15, 0.2) is 0 Å². The maximum atomic E-state index is 2.81. The van der Waals surface area contributed by atoms with E-state index in [9.17, 15) is 0 Å². The molecule has 0 aromatic heterocycles. The summed E-state index contributed by atoms with van der Waals surface area (Å²) in [7, 11) is 2.81. The van der Waals surface area contributed by atoms with Gasteiger partial charge in [-0.05, 0) is 28.8 Å². The first-order valence-electron chi connectivity index (χ1n) is 4.28. The van der Waals surface area contributed by atoms with Gasteiger partial charge in [0.25, 0.3) is 0 Å². The lowest BCUT2D eigenvalue weighted by molar-refractivity contribution is 0.590. The van der Waals surface area contributed by atoms with Crippen molar-refractivity contribution >= 4 is 14.5 Å². The van der Waals surface area contributed by atoms with E-state index in [-0.39, 0.29) is 5.41 Å². The van der Waals surface area contributed by atoms with E-state index < -0.39 is 0 Å². The molecule has 0 saturated heterocycles. The molecular formula is C11H17P. The van der Waals surface area contributed by atoms with Crippen LogP contribution < -0.4 is 5.30 Å². The van der Waals surface area contributed by atoms with Crippen LogP contribution in [0.4, 0.5) is 0 Å². The van der Waals surface area contributed by atoms with E-state index in [1.54, 1.807) is 0 Å². The smallest absolute Gasteiger partial charge is 0.0123 e. The summed E-state index contributed by atoms with van der Waals surface area (Å²) in [6.45, 7) is 8.93. The van der Waals surface area contributed by atoms with Crippen LogP contribution in [0.15, 0.2) is 18.2 Å². The summed E-state index contributed by atoms with van der Waals surface area (Å²) < 4.78 is 0. The van der Waals surface area contributed by atoms with Gasteiger partial charge in [-0.15, -0.1) is 9.24 Å². The molecule has 0 nitrogen and oxygen atoms in total. The monoisotopic (exact) mass is 180 g/mol. The van der Waals surface area contributed by atoms with Gasteiger partial charge in [-0.3, -0.25) is 0 Å². The van der Waals surface area contributed by atoms with Crippen molar-refractivity contribution in [3.05, 3.63) is 29.3 Å². The highest BCUT2D eigenvalue weighted by Crippen LogP contribution is 2.24. The molecule has 0 bridgehead atoms. The maximum Gasteiger partial charge on any atom is -0.0123 e. The van der Waals surface area contributed by atoms with Gasteiger partial charge >= 0.3 is 0 Å². The molecule has 0 aliphatic carbocycles. The van der Waals surface area contributed by atoms with Crippen molar-refractivity contribution in [2.75, 3.05) is 0 Å². The van der Waals surface area contributed by atoms with Crippen molar-refractivity contribution in [1.29, 1.82) is 0 Å². The standard InChI is InChI=1S/C11H17P/c1-8-6-5-7-9(12)10(8)11(2,3)4/h5-7H,12H2,1-4H3. The molecule has 1 heteroatoms. The second-order valence-electron chi connectivity index (χ2n) is 4.29. The quantitative estimate of drug-likeness (QED) is 0.538. The summed E-state index contributed by atoms with van der Waals surface area (Å²) in [4.78, 5) is 0. The van der Waals surface area contributed by atoms with Crippen LogP contribution in [-0.2, 0) is 5.41 Å². The average molecular weight is 180 g/mol. The number of rotatable bonds is 0. The van der Waals surface area contributed by atoms with Crippen LogP contribution in [0.5, 0.6) is 0 Å². The van der Waals surface area contributed by atoms with E-state index in [1.165, 1.54) is 16.4 Å². The van der Waals surface area contributed by atoms with E-state index in [4.69, 9.17) is 0 Å². The number of hydrogen-bond donors (Lipinski definition) is 0. The minimum absolute atomic E-state index is 0.252. The molecule has 0 heterocycles. The van der Waals surface area contributed by atoms with Crippen LogP contribution in [0.2, 0.25) is 0 Å². The highest BCUT2D eigenvalue weighted by Gasteiger charge is 2.17. The first kappa shape index (κ1) is 9.74. The molecule has 0 amide bonds. The Hall–Kier alpha value is -0.350. The molecule has 0 saturated carbocycles. The minimum Gasteiger partial charge on any atom is -0.105 e. The first-order valence-corrected chi connectivity index (χ1v) is 4.86. The fourth-order valence-electron chi connectivity index (χ4n) is 1.71. The Bertz CT molecular complexity index is 261. The highest BCUT2D eigenvalue weighted by atomic mass is 31.0. The Morgan fingerprint density at radius 3 is 2.08 bits per heavy atom. The minimum atomic E-state index is 0.252. The van der Waals surface area contributed by atoms with Crippen molar-refractivity contribution in [2.24, 2.45) is 0 Å². The fourth-order valence-corrected chi connectivity index (χ4v) is 2.49. The largest absolute Gasteiger partial charge is 0.105 e. The molecule has 1 rings (SSSR count). The van der Waals surface area contributed by atoms with Crippen molar-refractivity contribution in [3.8, 4) is 0 Å². The van der Waals surface area contributed by atoms with Crippen molar-refractivity contribution in [2.45, 2.75) is 33.1 Å². The van der Waals surface area contributed by atoms with Gasteiger partial charge in [0.1, 0.15) is 0 Å². The molecule has 0 aliphatic rings. The third-order valence-corrected chi connectivity index (χ3v) is 2.54. The lowest BCUT2D eigenvalue weighted by Gasteiger charge is -2.23. The third-order valence-electron chi connectivity index (χ3n) is 2.06. The summed E-state index contributed by atoms with van der Waals surface area (Å²) in [6, 6.07) is 6.43. The van der Waals surface area contributed by atoms with E-state index in [2.05, 4.69) is 55.1 Å². The molecule has 1 aromatic rings. The van der Waals surface area contributed by atoms with Gasteiger partial charge in [-0.2, -0.15) is 0 Å². The van der Waals surface area contributed by atoms with Gasteiger partial charge < -0.3 is 0 Å². The summed E-state index contributed by atoms with van der Waals surface area (Å²) in [6.07, 6.45) is 0. The molecule has 12 heavy (non-hydrogen) atoms. The molecule has 0 radical (unpaired) electrons. The molecule has 0 fully saturated rings. The first-order chi connectivity index (χ1) is 5.43. The van der Waals surface area contributed by atoms with Crippen LogP contribution in [0, 0.1) is 6.92 Å². The Morgan fingerprint density at radius 1 is 1.17 bits per heavy atom. The zero-order valence-corrected chi connectivity index (χ0v) is 9.46. The maximum absolute atomic E-state index is 2.81. The van der Waals surface area contributed by atoms with E-state index >= 15 is 0 Å². The molecular weight excluding hydrogens is 163 g/mol. The summed E-state index contributed by atoms with van der Waals surface area (Å²) in [5.41, 5.74) is 3.09. The second-order valence-corrected chi connectivity index (χ2v) is 4.91. The average Bonchev–Trinajstić information content (AvgIpc) is 1.82. The Labute approximate surface area is 77.6 Å². The van der Waals surface area contributed by atoms with Gasteiger partial charge in [-0.25, -0.2) is 0 Å². The van der Waals surface area contributed by atoms with Crippen LogP contribution >= 0.6 is 9.24 Å². The van der Waals surface area contributed by atoms with Gasteiger partial charge in [0.05, 0.1) is 0 Å².